The number of Topliss-reactive ketones (excluding diaryl/α,β-unsaturated/α-hetero) is 1. The maximum absolute atomic E-state index is 17.7. The molecule has 1 N–H and O–H groups in total. The van der Waals surface area contributed by atoms with Crippen LogP contribution in [0.3, 0.4) is 0 Å². The fraction of sp³-hybridized carbons (Fsp3) is 0.778. The van der Waals surface area contributed by atoms with E-state index in [0.717, 1.165) is 44.6 Å². The van der Waals surface area contributed by atoms with Crippen LogP contribution in [-0.4, -0.2) is 58.8 Å². The van der Waals surface area contributed by atoms with Crippen molar-refractivity contribution in [1.29, 1.82) is 0 Å². The number of hydrogen-bond acceptors (Lipinski definition) is 7. The van der Waals surface area contributed by atoms with Crippen LogP contribution < -0.4 is 0 Å². The number of rotatable bonds is 14. The largest absolute Gasteiger partial charge is 0.457 e. The van der Waals surface area contributed by atoms with E-state index in [-0.39, 0.29) is 37.7 Å². The molecule has 7 nitrogen and oxygen atoms in total. The van der Waals surface area contributed by atoms with Gasteiger partial charge in [-0.05, 0) is 62.7 Å². The number of aliphatic hydroxyl groups is 1. The maximum atomic E-state index is 17.7. The first-order chi connectivity index (χ1) is 21.2. The Morgan fingerprint density at radius 1 is 0.956 bits per heavy atom. The van der Waals surface area contributed by atoms with E-state index < -0.39 is 82.2 Å². The number of halogens is 2. The molecule has 9 unspecified atom stereocenters. The predicted octanol–water partition coefficient (Wildman–Crippen LogP) is 6.89. The van der Waals surface area contributed by atoms with E-state index in [1.54, 1.807) is 13.8 Å². The second-order valence-corrected chi connectivity index (χ2v) is 14.4. The summed E-state index contributed by atoms with van der Waals surface area (Å²) in [5.41, 5.74) is -6.93. The number of ether oxygens (including phenoxy) is 2. The highest BCUT2D eigenvalue weighted by molar-refractivity contribution is 6.01. The van der Waals surface area contributed by atoms with Gasteiger partial charge >= 0.3 is 11.9 Å². The van der Waals surface area contributed by atoms with Crippen molar-refractivity contribution in [3.05, 3.63) is 23.8 Å². The molecule has 9 atom stereocenters. The molecule has 0 spiro atoms. The van der Waals surface area contributed by atoms with Gasteiger partial charge in [0.2, 0.25) is 5.78 Å². The van der Waals surface area contributed by atoms with Crippen molar-refractivity contribution in [2.24, 2.45) is 28.6 Å². The van der Waals surface area contributed by atoms with Gasteiger partial charge in [0.15, 0.2) is 23.7 Å². The summed E-state index contributed by atoms with van der Waals surface area (Å²) in [5, 5.41) is 11.7. The lowest BCUT2D eigenvalue weighted by molar-refractivity contribution is -0.232. The zero-order valence-corrected chi connectivity index (χ0v) is 27.7. The summed E-state index contributed by atoms with van der Waals surface area (Å²) >= 11 is 0. The van der Waals surface area contributed by atoms with Gasteiger partial charge in [0.1, 0.15) is 6.17 Å². The van der Waals surface area contributed by atoms with Crippen molar-refractivity contribution < 1.29 is 42.5 Å². The van der Waals surface area contributed by atoms with Gasteiger partial charge in [-0.2, -0.15) is 0 Å². The third-order valence-corrected chi connectivity index (χ3v) is 11.7. The second-order valence-electron chi connectivity index (χ2n) is 14.4. The minimum absolute atomic E-state index is 0.0224. The first-order valence-corrected chi connectivity index (χ1v) is 17.1. The fourth-order valence-corrected chi connectivity index (χ4v) is 9.34. The van der Waals surface area contributed by atoms with Gasteiger partial charge < -0.3 is 14.6 Å². The molecule has 0 aliphatic heterocycles. The summed E-state index contributed by atoms with van der Waals surface area (Å²) in [7, 11) is 0. The molecule has 0 radical (unpaired) electrons. The molecule has 3 fully saturated rings. The summed E-state index contributed by atoms with van der Waals surface area (Å²) in [6, 6.07) is 0. The van der Waals surface area contributed by atoms with E-state index in [1.807, 2.05) is 0 Å². The molecule has 4 rings (SSSR count). The molecular formula is C36H52F2O7. The number of alkyl halides is 2. The van der Waals surface area contributed by atoms with Crippen LogP contribution in [0.4, 0.5) is 8.78 Å². The van der Waals surface area contributed by atoms with E-state index in [0.29, 0.717) is 12.8 Å². The Morgan fingerprint density at radius 2 is 1.58 bits per heavy atom. The zero-order chi connectivity index (χ0) is 33.2. The number of carbonyl (C=O) groups excluding carboxylic acids is 4. The van der Waals surface area contributed by atoms with Crippen molar-refractivity contribution in [2.75, 3.05) is 6.61 Å². The Balaban J connectivity index is 1.69. The first-order valence-electron chi connectivity index (χ1n) is 17.1. The molecule has 0 aromatic heterocycles. The molecule has 3 saturated carbocycles. The quantitative estimate of drug-likeness (QED) is 0.164. The normalized spacial score (nSPS) is 38.5. The molecule has 4 aliphatic rings. The van der Waals surface area contributed by atoms with Crippen LogP contribution >= 0.6 is 0 Å². The first kappa shape index (κ1) is 35.4. The summed E-state index contributed by atoms with van der Waals surface area (Å²) in [6.45, 7) is 8.55. The Kier molecular flexibility index (Phi) is 10.8. The summed E-state index contributed by atoms with van der Waals surface area (Å²) < 4.78 is 45.2. The second kappa shape index (κ2) is 13.7. The highest BCUT2D eigenvalue weighted by atomic mass is 19.1. The van der Waals surface area contributed by atoms with Gasteiger partial charge in [-0.25, -0.2) is 8.78 Å². The lowest BCUT2D eigenvalue weighted by atomic mass is 9.44. The van der Waals surface area contributed by atoms with E-state index >= 15 is 8.78 Å². The van der Waals surface area contributed by atoms with Crippen LogP contribution in [0, 0.1) is 28.6 Å². The molecule has 0 aromatic rings. The topological polar surface area (TPSA) is 107 Å². The van der Waals surface area contributed by atoms with Crippen molar-refractivity contribution in [3.8, 4) is 0 Å². The van der Waals surface area contributed by atoms with Crippen LogP contribution in [0.25, 0.3) is 0 Å². The molecule has 45 heavy (non-hydrogen) atoms. The summed E-state index contributed by atoms with van der Waals surface area (Å²) in [6.07, 6.45) is 7.34. The zero-order valence-electron chi connectivity index (χ0n) is 27.7. The van der Waals surface area contributed by atoms with Crippen molar-refractivity contribution in [1.82, 2.24) is 0 Å². The van der Waals surface area contributed by atoms with Crippen LogP contribution in [0.2, 0.25) is 0 Å². The van der Waals surface area contributed by atoms with Gasteiger partial charge in [0.25, 0.3) is 0 Å². The van der Waals surface area contributed by atoms with Crippen LogP contribution in [0.15, 0.2) is 23.8 Å². The van der Waals surface area contributed by atoms with Gasteiger partial charge in [-0.1, -0.05) is 72.3 Å². The van der Waals surface area contributed by atoms with Gasteiger partial charge in [-0.15, -0.1) is 0 Å². The Hall–Kier alpha value is -2.42. The molecule has 9 heteroatoms. The molecule has 0 bridgehead atoms. The number of fused-ring (bicyclic) bond motifs is 5. The maximum Gasteiger partial charge on any atom is 0.306 e. The van der Waals surface area contributed by atoms with Gasteiger partial charge in [0, 0.05) is 35.5 Å². The van der Waals surface area contributed by atoms with E-state index in [2.05, 4.69) is 13.8 Å². The lowest BCUT2D eigenvalue weighted by Crippen LogP contribution is -2.71. The molecule has 252 valence electrons. The number of ketones is 2. The molecule has 0 amide bonds. The van der Waals surface area contributed by atoms with Crippen molar-refractivity contribution in [3.63, 3.8) is 0 Å². The highest BCUT2D eigenvalue weighted by Crippen LogP contribution is 2.71. The van der Waals surface area contributed by atoms with E-state index in [1.165, 1.54) is 19.1 Å². The third kappa shape index (κ3) is 5.96. The minimum atomic E-state index is -2.32. The Labute approximate surface area is 266 Å². The predicted molar refractivity (Wildman–Crippen MR) is 165 cm³/mol. The Morgan fingerprint density at radius 3 is 2.20 bits per heavy atom. The molecule has 0 heterocycles. The number of hydrogen-bond donors (Lipinski definition) is 1. The lowest BCUT2D eigenvalue weighted by Gasteiger charge is -2.63. The number of unbranched alkanes of at least 4 members (excludes halogenated alkanes) is 6. The number of allylic oxidation sites excluding steroid dienone is 4. The monoisotopic (exact) mass is 634 g/mol. The fourth-order valence-electron chi connectivity index (χ4n) is 9.34. The standard InChI is InChI=1S/C36H52F2O7/c1-6-8-10-12-14-31(42)44-22-30(41)36(45-32(43)15-13-11-9-7-2)23(3)18-25-26-20-28(37)27-19-24(39)16-17-33(27,4)35(26,38)29(40)21-34(25,36)5/h16-17,19,23,25-26,28-29,40H,6-15,18,20-22H2,1-5H3. The molecular weight excluding hydrogens is 582 g/mol. The van der Waals surface area contributed by atoms with E-state index in [9.17, 15) is 24.3 Å². The van der Waals surface area contributed by atoms with Crippen LogP contribution in [0.1, 0.15) is 118 Å². The summed E-state index contributed by atoms with van der Waals surface area (Å²) in [4.78, 5) is 52.4. The summed E-state index contributed by atoms with van der Waals surface area (Å²) in [5.74, 6) is -4.37. The number of aliphatic hydroxyl groups excluding tert-OH is 1. The van der Waals surface area contributed by atoms with Gasteiger partial charge in [-0.3, -0.25) is 19.2 Å². The molecule has 4 aliphatic carbocycles. The SMILES string of the molecule is CCCCCCC(=O)OCC(=O)C1(OC(=O)CCCCCC)C(C)CC2C3CC(F)C4=CC(=O)C=CC4(C)C3(F)C(O)CC21C. The van der Waals surface area contributed by atoms with Crippen molar-refractivity contribution in [2.45, 2.75) is 142 Å². The van der Waals surface area contributed by atoms with Crippen molar-refractivity contribution >= 4 is 23.5 Å². The van der Waals surface area contributed by atoms with Crippen LogP contribution in [-0.2, 0) is 28.7 Å². The average Bonchev–Trinajstić information content (AvgIpc) is 3.21. The minimum Gasteiger partial charge on any atom is -0.457 e. The van der Waals surface area contributed by atoms with Gasteiger partial charge in [0.05, 0.1) is 6.10 Å². The Bertz CT molecular complexity index is 1210. The van der Waals surface area contributed by atoms with E-state index in [4.69, 9.17) is 9.47 Å². The number of esters is 2. The molecule has 0 saturated heterocycles. The number of carbonyl (C=O) groups is 4. The van der Waals surface area contributed by atoms with Crippen LogP contribution in [0.5, 0.6) is 0 Å². The smallest absolute Gasteiger partial charge is 0.306 e. The third-order valence-electron chi connectivity index (χ3n) is 11.7. The highest BCUT2D eigenvalue weighted by Gasteiger charge is 2.78. The average molecular weight is 635 g/mol. The molecule has 0 aromatic carbocycles.